The van der Waals surface area contributed by atoms with Gasteiger partial charge in [0.25, 0.3) is 0 Å². The lowest BCUT2D eigenvalue weighted by Crippen LogP contribution is -2.27. The summed E-state index contributed by atoms with van der Waals surface area (Å²) in [5, 5.41) is 0. The zero-order valence-corrected chi connectivity index (χ0v) is 13.9. The Morgan fingerprint density at radius 2 is 1.67 bits per heavy atom. The summed E-state index contributed by atoms with van der Waals surface area (Å²) >= 11 is 0. The maximum absolute atomic E-state index is 12.7. The number of nitrogens with zero attached hydrogens (tertiary/aromatic N) is 2. The van der Waals surface area contributed by atoms with Gasteiger partial charge in [0, 0.05) is 16.9 Å². The molecule has 24 heavy (non-hydrogen) atoms. The third kappa shape index (κ3) is 3.03. The normalized spacial score (nSPS) is 11.6. The molecule has 0 bridgehead atoms. The summed E-state index contributed by atoms with van der Waals surface area (Å²) in [5.74, 6) is 0.491. The molecule has 3 aromatic rings. The average molecular weight is 324 g/mol. The highest BCUT2D eigenvalue weighted by atomic mass is 16.6. The van der Waals surface area contributed by atoms with E-state index in [0.717, 1.165) is 5.56 Å². The van der Waals surface area contributed by atoms with E-state index in [1.807, 2.05) is 32.9 Å². The number of carbonyl (C=O) groups excluding carboxylic acids is 1. The number of hydrogen-bond acceptors (Lipinski definition) is 5. The lowest BCUT2D eigenvalue weighted by Gasteiger charge is -2.20. The molecule has 0 unspecified atom stereocenters. The van der Waals surface area contributed by atoms with Gasteiger partial charge in [-0.3, -0.25) is 0 Å². The Morgan fingerprint density at radius 1 is 1.04 bits per heavy atom. The predicted molar refractivity (Wildman–Crippen MR) is 95.6 cm³/mol. The lowest BCUT2D eigenvalue weighted by molar-refractivity contribution is 0.0546. The van der Waals surface area contributed by atoms with E-state index in [1.54, 1.807) is 30.3 Å². The van der Waals surface area contributed by atoms with Crippen molar-refractivity contribution in [3.63, 3.8) is 0 Å². The standard InChI is InChI=1S/C18H20N4O2/c1-18(2,3)24-17(23)22-15-10-13(20)8-9-14(15)21-16(22)11-4-6-12(19)7-5-11/h4-10H,19-20H2,1-3H3. The van der Waals surface area contributed by atoms with Crippen LogP contribution in [0.15, 0.2) is 42.5 Å². The number of benzene rings is 2. The quantitative estimate of drug-likeness (QED) is 0.666. The zero-order chi connectivity index (χ0) is 17.5. The van der Waals surface area contributed by atoms with E-state index in [9.17, 15) is 4.79 Å². The molecular weight excluding hydrogens is 304 g/mol. The first kappa shape index (κ1) is 15.9. The van der Waals surface area contributed by atoms with Crippen molar-refractivity contribution in [2.75, 3.05) is 11.5 Å². The van der Waals surface area contributed by atoms with Gasteiger partial charge in [-0.25, -0.2) is 14.3 Å². The van der Waals surface area contributed by atoms with E-state index in [2.05, 4.69) is 4.98 Å². The minimum atomic E-state index is -0.619. The van der Waals surface area contributed by atoms with E-state index in [0.29, 0.717) is 28.2 Å². The van der Waals surface area contributed by atoms with Crippen molar-refractivity contribution in [3.8, 4) is 11.4 Å². The van der Waals surface area contributed by atoms with Crippen LogP contribution in [0, 0.1) is 0 Å². The fraction of sp³-hybridized carbons (Fsp3) is 0.222. The lowest BCUT2D eigenvalue weighted by atomic mass is 10.2. The summed E-state index contributed by atoms with van der Waals surface area (Å²) < 4.78 is 6.98. The first-order chi connectivity index (χ1) is 11.2. The number of fused-ring (bicyclic) bond motifs is 1. The van der Waals surface area contributed by atoms with Gasteiger partial charge in [-0.05, 0) is 63.2 Å². The summed E-state index contributed by atoms with van der Waals surface area (Å²) in [7, 11) is 0. The molecule has 0 amide bonds. The highest BCUT2D eigenvalue weighted by molar-refractivity contribution is 5.93. The second-order valence-electron chi connectivity index (χ2n) is 6.62. The topological polar surface area (TPSA) is 96.2 Å². The molecule has 4 N–H and O–H groups in total. The zero-order valence-electron chi connectivity index (χ0n) is 13.9. The third-order valence-corrected chi connectivity index (χ3v) is 3.42. The van der Waals surface area contributed by atoms with Crippen LogP contribution in [0.3, 0.4) is 0 Å². The van der Waals surface area contributed by atoms with Gasteiger partial charge in [0.15, 0.2) is 5.82 Å². The average Bonchev–Trinajstić information content (AvgIpc) is 2.84. The molecule has 6 nitrogen and oxygen atoms in total. The van der Waals surface area contributed by atoms with Gasteiger partial charge in [0.05, 0.1) is 11.0 Å². The first-order valence-corrected chi connectivity index (χ1v) is 7.62. The molecule has 0 radical (unpaired) electrons. The second-order valence-corrected chi connectivity index (χ2v) is 6.62. The molecule has 0 saturated carbocycles. The van der Waals surface area contributed by atoms with E-state index in [4.69, 9.17) is 16.2 Å². The van der Waals surface area contributed by atoms with Gasteiger partial charge >= 0.3 is 6.09 Å². The highest BCUT2D eigenvalue weighted by Crippen LogP contribution is 2.28. The van der Waals surface area contributed by atoms with Gasteiger partial charge in [0.2, 0.25) is 0 Å². The largest absolute Gasteiger partial charge is 0.443 e. The molecule has 1 heterocycles. The van der Waals surface area contributed by atoms with Crippen LogP contribution in [0.1, 0.15) is 20.8 Å². The molecule has 124 valence electrons. The van der Waals surface area contributed by atoms with Crippen LogP contribution in [-0.2, 0) is 4.74 Å². The number of anilines is 2. The van der Waals surface area contributed by atoms with Gasteiger partial charge in [-0.15, -0.1) is 0 Å². The van der Waals surface area contributed by atoms with Gasteiger partial charge < -0.3 is 16.2 Å². The summed E-state index contributed by atoms with van der Waals surface area (Å²) in [6, 6.07) is 12.4. The first-order valence-electron chi connectivity index (χ1n) is 7.62. The monoisotopic (exact) mass is 324 g/mol. The molecule has 0 spiro atoms. The smallest absolute Gasteiger partial charge is 0.420 e. The van der Waals surface area contributed by atoms with Gasteiger partial charge in [-0.2, -0.15) is 0 Å². The Balaban J connectivity index is 2.22. The van der Waals surface area contributed by atoms with E-state index in [1.165, 1.54) is 4.57 Å². The van der Waals surface area contributed by atoms with Crippen LogP contribution in [0.4, 0.5) is 16.2 Å². The maximum Gasteiger partial charge on any atom is 0.420 e. The molecule has 0 aliphatic heterocycles. The summed E-state index contributed by atoms with van der Waals surface area (Å²) in [4.78, 5) is 17.3. The number of hydrogen-bond donors (Lipinski definition) is 2. The molecule has 0 saturated heterocycles. The van der Waals surface area contributed by atoms with Crippen LogP contribution in [0.5, 0.6) is 0 Å². The molecule has 0 aliphatic rings. The Hall–Kier alpha value is -3.02. The molecule has 0 atom stereocenters. The number of imidazole rings is 1. The Labute approximate surface area is 140 Å². The van der Waals surface area contributed by atoms with Crippen molar-refractivity contribution in [3.05, 3.63) is 42.5 Å². The van der Waals surface area contributed by atoms with Gasteiger partial charge in [0.1, 0.15) is 5.60 Å². The van der Waals surface area contributed by atoms with E-state index < -0.39 is 11.7 Å². The summed E-state index contributed by atoms with van der Waals surface area (Å²) in [6.07, 6.45) is -0.498. The van der Waals surface area contributed by atoms with Crippen LogP contribution >= 0.6 is 0 Å². The summed E-state index contributed by atoms with van der Waals surface area (Å²) in [6.45, 7) is 5.46. The predicted octanol–water partition coefficient (Wildman–Crippen LogP) is 3.65. The molecule has 0 aliphatic carbocycles. The van der Waals surface area contributed by atoms with Crippen molar-refractivity contribution in [2.45, 2.75) is 26.4 Å². The molecule has 1 aromatic heterocycles. The number of nitrogen functional groups attached to an aromatic ring is 2. The van der Waals surface area contributed by atoms with Crippen LogP contribution < -0.4 is 11.5 Å². The van der Waals surface area contributed by atoms with Crippen molar-refractivity contribution >= 4 is 28.5 Å². The van der Waals surface area contributed by atoms with Crippen molar-refractivity contribution in [2.24, 2.45) is 0 Å². The molecule has 2 aromatic carbocycles. The van der Waals surface area contributed by atoms with Crippen LogP contribution in [0.25, 0.3) is 22.4 Å². The number of rotatable bonds is 1. The Bertz CT molecular complexity index is 905. The fourth-order valence-electron chi connectivity index (χ4n) is 2.41. The van der Waals surface area contributed by atoms with Gasteiger partial charge in [-0.1, -0.05) is 0 Å². The number of nitrogens with two attached hydrogens (primary N) is 2. The summed E-state index contributed by atoms with van der Waals surface area (Å²) in [5.41, 5.74) is 14.2. The molecule has 3 rings (SSSR count). The fourth-order valence-corrected chi connectivity index (χ4v) is 2.41. The Morgan fingerprint density at radius 3 is 2.29 bits per heavy atom. The highest BCUT2D eigenvalue weighted by Gasteiger charge is 2.24. The SMILES string of the molecule is CC(C)(C)OC(=O)n1c(-c2ccc(N)cc2)nc2ccc(N)cc21. The number of ether oxygens (including phenoxy) is 1. The molecule has 6 heteroatoms. The van der Waals surface area contributed by atoms with Crippen molar-refractivity contribution in [1.82, 2.24) is 9.55 Å². The van der Waals surface area contributed by atoms with Crippen LogP contribution in [-0.4, -0.2) is 21.2 Å². The second kappa shape index (κ2) is 5.56. The minimum Gasteiger partial charge on any atom is -0.443 e. The Kier molecular flexibility index (Phi) is 3.67. The van der Waals surface area contributed by atoms with Crippen LogP contribution in [0.2, 0.25) is 0 Å². The van der Waals surface area contributed by atoms with E-state index >= 15 is 0 Å². The van der Waals surface area contributed by atoms with E-state index in [-0.39, 0.29) is 0 Å². The number of carbonyl (C=O) groups is 1. The number of aromatic nitrogens is 2. The third-order valence-electron chi connectivity index (χ3n) is 3.42. The van der Waals surface area contributed by atoms with Crippen molar-refractivity contribution < 1.29 is 9.53 Å². The molecule has 0 fully saturated rings. The molecular formula is C18H20N4O2. The maximum atomic E-state index is 12.7. The van der Waals surface area contributed by atoms with Crippen molar-refractivity contribution in [1.29, 1.82) is 0 Å². The minimum absolute atomic E-state index is 0.491.